The third-order valence-electron chi connectivity index (χ3n) is 2.91. The first-order valence-corrected chi connectivity index (χ1v) is 6.13. The molecule has 0 unspecified atom stereocenters. The van der Waals surface area contributed by atoms with Crippen molar-refractivity contribution < 1.29 is 4.79 Å². The van der Waals surface area contributed by atoms with Gasteiger partial charge in [-0.2, -0.15) is 0 Å². The zero-order valence-electron chi connectivity index (χ0n) is 10.2. The Balaban J connectivity index is 1.87. The molecule has 1 amide bonds. The number of hydrogen-bond acceptors (Lipinski definition) is 3. The molecule has 4 heteroatoms. The molecule has 3 N–H and O–H groups in total. The van der Waals surface area contributed by atoms with Crippen molar-refractivity contribution in [3.8, 4) is 0 Å². The smallest absolute Gasteiger partial charge is 0.233 e. The predicted octanol–water partition coefficient (Wildman–Crippen LogP) is 0.880. The predicted molar refractivity (Wildman–Crippen MR) is 69.0 cm³/mol. The molecule has 1 aliphatic rings. The molecule has 0 radical (unpaired) electrons. The lowest BCUT2D eigenvalue weighted by Gasteiger charge is -2.10. The van der Waals surface area contributed by atoms with Gasteiger partial charge in [-0.15, -0.1) is 0 Å². The fourth-order valence-corrected chi connectivity index (χ4v) is 2.13. The number of hydrogen-bond donors (Lipinski definition) is 3. The topological polar surface area (TPSA) is 53.2 Å². The SMILES string of the molecule is CCNC(=O)CNCc1cccc2c1NCC2. The maximum Gasteiger partial charge on any atom is 0.233 e. The van der Waals surface area contributed by atoms with Crippen molar-refractivity contribution in [1.29, 1.82) is 0 Å². The van der Waals surface area contributed by atoms with Crippen LogP contribution in [0, 0.1) is 0 Å². The minimum absolute atomic E-state index is 0.0491. The van der Waals surface area contributed by atoms with E-state index in [2.05, 4.69) is 34.1 Å². The Morgan fingerprint density at radius 2 is 2.35 bits per heavy atom. The maximum atomic E-state index is 11.3. The third kappa shape index (κ3) is 2.97. The number of likely N-dealkylation sites (N-methyl/N-ethyl adjacent to an activating group) is 1. The lowest BCUT2D eigenvalue weighted by atomic mass is 10.1. The Bertz CT molecular complexity index is 404. The number of anilines is 1. The Morgan fingerprint density at radius 1 is 1.47 bits per heavy atom. The van der Waals surface area contributed by atoms with Gasteiger partial charge in [0.2, 0.25) is 5.91 Å². The van der Waals surface area contributed by atoms with Crippen LogP contribution in [0.4, 0.5) is 5.69 Å². The number of fused-ring (bicyclic) bond motifs is 1. The van der Waals surface area contributed by atoms with Crippen molar-refractivity contribution in [2.75, 3.05) is 25.0 Å². The maximum absolute atomic E-state index is 11.3. The summed E-state index contributed by atoms with van der Waals surface area (Å²) in [6.45, 7) is 4.72. The molecule has 0 spiro atoms. The lowest BCUT2D eigenvalue weighted by molar-refractivity contribution is -0.120. The van der Waals surface area contributed by atoms with E-state index in [1.165, 1.54) is 16.8 Å². The van der Waals surface area contributed by atoms with E-state index in [0.717, 1.165) is 19.5 Å². The van der Waals surface area contributed by atoms with Crippen LogP contribution in [0.5, 0.6) is 0 Å². The van der Waals surface area contributed by atoms with Gasteiger partial charge >= 0.3 is 0 Å². The Morgan fingerprint density at radius 3 is 3.18 bits per heavy atom. The Labute approximate surface area is 102 Å². The second kappa shape index (κ2) is 5.68. The monoisotopic (exact) mass is 233 g/mol. The number of nitrogens with one attached hydrogen (secondary N) is 3. The number of para-hydroxylation sites is 1. The van der Waals surface area contributed by atoms with Crippen molar-refractivity contribution in [3.05, 3.63) is 29.3 Å². The summed E-state index contributed by atoms with van der Waals surface area (Å²) in [7, 11) is 0. The Hall–Kier alpha value is -1.55. The quantitative estimate of drug-likeness (QED) is 0.707. The van der Waals surface area contributed by atoms with Crippen LogP contribution in [-0.2, 0) is 17.8 Å². The van der Waals surface area contributed by atoms with Gasteiger partial charge in [-0.3, -0.25) is 4.79 Å². The molecule has 0 aliphatic carbocycles. The second-order valence-electron chi connectivity index (χ2n) is 4.19. The van der Waals surface area contributed by atoms with Gasteiger partial charge in [0.25, 0.3) is 0 Å². The van der Waals surface area contributed by atoms with Crippen molar-refractivity contribution in [2.24, 2.45) is 0 Å². The zero-order valence-corrected chi connectivity index (χ0v) is 10.2. The van der Waals surface area contributed by atoms with E-state index in [-0.39, 0.29) is 5.91 Å². The molecule has 1 aliphatic heterocycles. The molecular weight excluding hydrogens is 214 g/mol. The highest BCUT2D eigenvalue weighted by Gasteiger charge is 2.13. The zero-order chi connectivity index (χ0) is 12.1. The molecular formula is C13H19N3O. The van der Waals surface area contributed by atoms with E-state index in [1.807, 2.05) is 6.92 Å². The van der Waals surface area contributed by atoms with Gasteiger partial charge in [-0.1, -0.05) is 18.2 Å². The van der Waals surface area contributed by atoms with E-state index in [4.69, 9.17) is 0 Å². The van der Waals surface area contributed by atoms with Crippen LogP contribution in [0.15, 0.2) is 18.2 Å². The minimum atomic E-state index is 0.0491. The van der Waals surface area contributed by atoms with E-state index in [0.29, 0.717) is 13.1 Å². The summed E-state index contributed by atoms with van der Waals surface area (Å²) in [5.74, 6) is 0.0491. The summed E-state index contributed by atoms with van der Waals surface area (Å²) in [4.78, 5) is 11.3. The Kier molecular flexibility index (Phi) is 3.98. The molecule has 92 valence electrons. The summed E-state index contributed by atoms with van der Waals surface area (Å²) in [6, 6.07) is 6.33. The van der Waals surface area contributed by atoms with Crippen LogP contribution in [0.2, 0.25) is 0 Å². The van der Waals surface area contributed by atoms with Crippen LogP contribution in [0.3, 0.4) is 0 Å². The fourth-order valence-electron chi connectivity index (χ4n) is 2.13. The fraction of sp³-hybridized carbons (Fsp3) is 0.462. The van der Waals surface area contributed by atoms with Crippen LogP contribution in [0.25, 0.3) is 0 Å². The number of rotatable bonds is 5. The third-order valence-corrected chi connectivity index (χ3v) is 2.91. The highest BCUT2D eigenvalue weighted by Crippen LogP contribution is 2.25. The molecule has 17 heavy (non-hydrogen) atoms. The summed E-state index contributed by atoms with van der Waals surface area (Å²) in [6.07, 6.45) is 1.10. The van der Waals surface area contributed by atoms with Crippen LogP contribution in [0.1, 0.15) is 18.1 Å². The average Bonchev–Trinajstić information content (AvgIpc) is 2.78. The van der Waals surface area contributed by atoms with Crippen LogP contribution < -0.4 is 16.0 Å². The first kappa shape index (κ1) is 11.9. The summed E-state index contributed by atoms with van der Waals surface area (Å²) >= 11 is 0. The van der Waals surface area contributed by atoms with Crippen LogP contribution >= 0.6 is 0 Å². The van der Waals surface area contributed by atoms with Gasteiger partial charge in [-0.05, 0) is 24.5 Å². The summed E-state index contributed by atoms with van der Waals surface area (Å²) in [5.41, 5.74) is 3.86. The molecule has 1 aromatic carbocycles. The number of benzene rings is 1. The first-order valence-electron chi connectivity index (χ1n) is 6.13. The number of carbonyl (C=O) groups is 1. The van der Waals surface area contributed by atoms with Crippen molar-refractivity contribution in [3.63, 3.8) is 0 Å². The molecule has 0 aromatic heterocycles. The molecule has 0 saturated heterocycles. The number of amides is 1. The normalized spacial score (nSPS) is 13.0. The van der Waals surface area contributed by atoms with Gasteiger partial charge in [0.05, 0.1) is 6.54 Å². The van der Waals surface area contributed by atoms with Crippen molar-refractivity contribution >= 4 is 11.6 Å². The summed E-state index contributed by atoms with van der Waals surface area (Å²) < 4.78 is 0. The van der Waals surface area contributed by atoms with Gasteiger partial charge < -0.3 is 16.0 Å². The largest absolute Gasteiger partial charge is 0.384 e. The van der Waals surface area contributed by atoms with Crippen molar-refractivity contribution in [2.45, 2.75) is 19.9 Å². The molecule has 0 saturated carbocycles. The highest BCUT2D eigenvalue weighted by atomic mass is 16.1. The molecule has 0 fully saturated rings. The van der Waals surface area contributed by atoms with Gasteiger partial charge in [0, 0.05) is 25.3 Å². The summed E-state index contributed by atoms with van der Waals surface area (Å²) in [5, 5.41) is 9.32. The van der Waals surface area contributed by atoms with Gasteiger partial charge in [-0.25, -0.2) is 0 Å². The first-order chi connectivity index (χ1) is 8.31. The molecule has 4 nitrogen and oxygen atoms in total. The molecule has 2 rings (SSSR count). The molecule has 1 heterocycles. The van der Waals surface area contributed by atoms with E-state index in [9.17, 15) is 4.79 Å². The van der Waals surface area contributed by atoms with Gasteiger partial charge in [0.15, 0.2) is 0 Å². The lowest BCUT2D eigenvalue weighted by Crippen LogP contribution is -2.33. The van der Waals surface area contributed by atoms with Crippen LogP contribution in [-0.4, -0.2) is 25.5 Å². The average molecular weight is 233 g/mol. The molecule has 0 atom stereocenters. The number of carbonyl (C=O) groups excluding carboxylic acids is 1. The highest BCUT2D eigenvalue weighted by molar-refractivity contribution is 5.77. The minimum Gasteiger partial charge on any atom is -0.384 e. The standard InChI is InChI=1S/C13H19N3O/c1-2-15-12(17)9-14-8-11-5-3-4-10-6-7-16-13(10)11/h3-5,14,16H,2,6-9H2,1H3,(H,15,17). The van der Waals surface area contributed by atoms with E-state index in [1.54, 1.807) is 0 Å². The molecule has 0 bridgehead atoms. The van der Waals surface area contributed by atoms with Crippen molar-refractivity contribution in [1.82, 2.24) is 10.6 Å². The second-order valence-corrected chi connectivity index (χ2v) is 4.19. The van der Waals surface area contributed by atoms with E-state index < -0.39 is 0 Å². The molecule has 1 aromatic rings. The van der Waals surface area contributed by atoms with E-state index >= 15 is 0 Å². The van der Waals surface area contributed by atoms with Gasteiger partial charge in [0.1, 0.15) is 0 Å².